The van der Waals surface area contributed by atoms with E-state index in [4.69, 9.17) is 5.73 Å². The number of imide groups is 1. The van der Waals surface area contributed by atoms with Crippen LogP contribution >= 0.6 is 0 Å². The van der Waals surface area contributed by atoms with E-state index in [2.05, 4.69) is 31.3 Å². The fourth-order valence-corrected chi connectivity index (χ4v) is 8.00. The molecule has 2 saturated carbocycles. The lowest BCUT2D eigenvalue weighted by Crippen LogP contribution is -2.55. The lowest BCUT2D eigenvalue weighted by atomic mass is 9.48. The highest BCUT2D eigenvalue weighted by atomic mass is 16.2. The summed E-state index contributed by atoms with van der Waals surface area (Å²) in [7, 11) is 0. The van der Waals surface area contributed by atoms with Crippen molar-refractivity contribution < 1.29 is 14.4 Å². The van der Waals surface area contributed by atoms with Crippen LogP contribution < -0.4 is 11.1 Å². The van der Waals surface area contributed by atoms with Gasteiger partial charge in [-0.15, -0.1) is 0 Å². The van der Waals surface area contributed by atoms with Crippen LogP contribution in [0.25, 0.3) is 0 Å². The van der Waals surface area contributed by atoms with Gasteiger partial charge < -0.3 is 11.1 Å². The molecule has 0 saturated heterocycles. The number of rotatable bonds is 4. The third kappa shape index (κ3) is 3.91. The summed E-state index contributed by atoms with van der Waals surface area (Å²) in [6.07, 6.45) is 11.2. The molecule has 188 valence electrons. The predicted octanol–water partition coefficient (Wildman–Crippen LogP) is 4.94. The van der Waals surface area contributed by atoms with Crippen LogP contribution in [0.3, 0.4) is 0 Å². The fraction of sp³-hybridized carbons (Fsp3) is 0.750. The Kier molecular flexibility index (Phi) is 6.50. The third-order valence-corrected chi connectivity index (χ3v) is 9.77. The molecule has 6 heteroatoms. The van der Waals surface area contributed by atoms with Crippen LogP contribution in [-0.4, -0.2) is 34.8 Å². The van der Waals surface area contributed by atoms with Gasteiger partial charge in [-0.1, -0.05) is 26.0 Å². The van der Waals surface area contributed by atoms with Gasteiger partial charge in [0, 0.05) is 23.6 Å². The SMILES string of the molecule is CC(C)NC(=O)N(C(=O)[C@H]1CC[C@H]2[C@@H]3CC=C4C=C(C(N)=O)CC[C@]4(C)[C@H]3CC[C@]12C)C(C)C. The highest BCUT2D eigenvalue weighted by molar-refractivity contribution is 5.96. The van der Waals surface area contributed by atoms with Crippen molar-refractivity contribution in [3.63, 3.8) is 0 Å². The van der Waals surface area contributed by atoms with E-state index in [0.717, 1.165) is 50.5 Å². The number of nitrogens with two attached hydrogens (primary N) is 1. The number of hydrogen-bond acceptors (Lipinski definition) is 3. The normalized spacial score (nSPS) is 36.7. The van der Waals surface area contributed by atoms with E-state index in [0.29, 0.717) is 17.8 Å². The van der Waals surface area contributed by atoms with Crippen LogP contribution in [0.1, 0.15) is 86.5 Å². The summed E-state index contributed by atoms with van der Waals surface area (Å²) in [5, 5.41) is 2.93. The quantitative estimate of drug-likeness (QED) is 0.611. The molecule has 4 aliphatic rings. The molecule has 0 aromatic carbocycles. The van der Waals surface area contributed by atoms with Crippen molar-refractivity contribution in [2.24, 2.45) is 40.2 Å². The summed E-state index contributed by atoms with van der Waals surface area (Å²) >= 11 is 0. The lowest BCUT2D eigenvalue weighted by molar-refractivity contribution is -0.140. The number of urea groups is 1. The van der Waals surface area contributed by atoms with Crippen molar-refractivity contribution in [3.8, 4) is 0 Å². The molecule has 34 heavy (non-hydrogen) atoms. The summed E-state index contributed by atoms with van der Waals surface area (Å²) < 4.78 is 0. The highest BCUT2D eigenvalue weighted by Crippen LogP contribution is 2.66. The van der Waals surface area contributed by atoms with Gasteiger partial charge in [0.1, 0.15) is 0 Å². The number of fused-ring (bicyclic) bond motifs is 5. The average molecular weight is 470 g/mol. The largest absolute Gasteiger partial charge is 0.366 e. The third-order valence-electron chi connectivity index (χ3n) is 9.77. The maximum atomic E-state index is 13.8. The number of carbonyl (C=O) groups excluding carboxylic acids is 3. The second-order valence-electron chi connectivity index (χ2n) is 12.3. The number of nitrogens with one attached hydrogen (secondary N) is 1. The molecule has 0 aliphatic heterocycles. The van der Waals surface area contributed by atoms with Gasteiger partial charge in [0.15, 0.2) is 0 Å². The maximum absolute atomic E-state index is 13.8. The molecule has 4 rings (SSSR count). The molecule has 0 bridgehead atoms. The van der Waals surface area contributed by atoms with E-state index in [1.54, 1.807) is 0 Å². The topological polar surface area (TPSA) is 92.5 Å². The highest BCUT2D eigenvalue weighted by Gasteiger charge is 2.60. The van der Waals surface area contributed by atoms with Gasteiger partial charge in [-0.25, -0.2) is 4.79 Å². The molecule has 0 unspecified atom stereocenters. The molecular formula is C28H43N3O3. The van der Waals surface area contributed by atoms with Gasteiger partial charge in [-0.05, 0) is 107 Å². The molecule has 3 N–H and O–H groups in total. The van der Waals surface area contributed by atoms with Crippen LogP contribution in [-0.2, 0) is 9.59 Å². The molecular weight excluding hydrogens is 426 g/mol. The zero-order valence-electron chi connectivity index (χ0n) is 21.8. The number of nitrogens with zero attached hydrogens (tertiary/aromatic N) is 1. The van der Waals surface area contributed by atoms with Crippen molar-refractivity contribution in [2.45, 2.75) is 98.6 Å². The molecule has 0 aromatic heterocycles. The van der Waals surface area contributed by atoms with Crippen LogP contribution in [0.5, 0.6) is 0 Å². The van der Waals surface area contributed by atoms with E-state index < -0.39 is 0 Å². The van der Waals surface area contributed by atoms with Gasteiger partial charge >= 0.3 is 6.03 Å². The van der Waals surface area contributed by atoms with Crippen molar-refractivity contribution >= 4 is 17.8 Å². The van der Waals surface area contributed by atoms with Crippen molar-refractivity contribution in [1.82, 2.24) is 10.2 Å². The lowest BCUT2D eigenvalue weighted by Gasteiger charge is -2.57. The van der Waals surface area contributed by atoms with Gasteiger partial charge in [0.05, 0.1) is 0 Å². The van der Waals surface area contributed by atoms with Crippen LogP contribution in [0.4, 0.5) is 4.79 Å². The Bertz CT molecular complexity index is 935. The molecule has 4 amide bonds. The Morgan fingerprint density at radius 1 is 1.06 bits per heavy atom. The monoisotopic (exact) mass is 469 g/mol. The molecule has 0 heterocycles. The smallest absolute Gasteiger partial charge is 0.324 e. The van der Waals surface area contributed by atoms with Gasteiger partial charge in [0.2, 0.25) is 11.8 Å². The van der Waals surface area contributed by atoms with E-state index in [1.807, 2.05) is 27.7 Å². The van der Waals surface area contributed by atoms with Gasteiger partial charge in [-0.2, -0.15) is 0 Å². The second-order valence-corrected chi connectivity index (χ2v) is 12.3. The zero-order chi connectivity index (χ0) is 25.0. The summed E-state index contributed by atoms with van der Waals surface area (Å²) in [5.41, 5.74) is 7.63. The molecule has 6 atom stereocenters. The van der Waals surface area contributed by atoms with Crippen molar-refractivity contribution in [3.05, 3.63) is 23.3 Å². The number of primary amides is 1. The number of hydrogen-bond donors (Lipinski definition) is 2. The molecule has 0 radical (unpaired) electrons. The first kappa shape index (κ1) is 25.0. The Morgan fingerprint density at radius 2 is 1.76 bits per heavy atom. The second kappa shape index (κ2) is 8.83. The summed E-state index contributed by atoms with van der Waals surface area (Å²) in [5.74, 6) is 1.20. The molecule has 6 nitrogen and oxygen atoms in total. The Morgan fingerprint density at radius 3 is 2.38 bits per heavy atom. The van der Waals surface area contributed by atoms with E-state index in [9.17, 15) is 14.4 Å². The number of carbonyl (C=O) groups is 3. The summed E-state index contributed by atoms with van der Waals surface area (Å²) in [4.78, 5) is 40.0. The minimum Gasteiger partial charge on any atom is -0.366 e. The molecule has 2 fully saturated rings. The number of allylic oxidation sites excluding steroid dienone is 3. The predicted molar refractivity (Wildman–Crippen MR) is 134 cm³/mol. The number of amides is 4. The average Bonchev–Trinajstić information content (AvgIpc) is 3.09. The summed E-state index contributed by atoms with van der Waals surface area (Å²) in [6.45, 7) is 12.4. The first-order chi connectivity index (χ1) is 15.9. The van der Waals surface area contributed by atoms with Crippen LogP contribution in [0.15, 0.2) is 23.3 Å². The standard InChI is InChI=1S/C28H43N3O3/c1-16(2)30-26(34)31(17(3)4)25(33)23-10-9-21-20-8-7-19-15-18(24(29)32)11-13-27(19,5)22(20)12-14-28(21,23)6/h7,15-17,20-23H,8-14H2,1-6H3,(H2,29,32)(H,30,34)/t20-,21-,22-,23+,27-,28-/m0/s1. The van der Waals surface area contributed by atoms with Crippen molar-refractivity contribution in [1.29, 1.82) is 0 Å². The molecule has 4 aliphatic carbocycles. The maximum Gasteiger partial charge on any atom is 0.324 e. The summed E-state index contributed by atoms with van der Waals surface area (Å²) in [6, 6.07) is -0.446. The van der Waals surface area contributed by atoms with E-state index in [1.165, 1.54) is 10.5 Å². The minimum atomic E-state index is -0.297. The zero-order valence-corrected chi connectivity index (χ0v) is 21.8. The fourth-order valence-electron chi connectivity index (χ4n) is 8.00. The molecule has 0 spiro atoms. The molecule has 0 aromatic rings. The minimum absolute atomic E-state index is 0.00144. The van der Waals surface area contributed by atoms with Crippen LogP contribution in [0.2, 0.25) is 0 Å². The first-order valence-corrected chi connectivity index (χ1v) is 13.2. The van der Waals surface area contributed by atoms with Gasteiger partial charge in [-0.3, -0.25) is 14.5 Å². The van der Waals surface area contributed by atoms with Gasteiger partial charge in [0.25, 0.3) is 0 Å². The first-order valence-electron chi connectivity index (χ1n) is 13.2. The van der Waals surface area contributed by atoms with Crippen molar-refractivity contribution in [2.75, 3.05) is 0 Å². The van der Waals surface area contributed by atoms with Crippen LogP contribution in [0, 0.1) is 34.5 Å². The Balaban J connectivity index is 1.59. The Hall–Kier alpha value is -2.11. The Labute approximate surface area is 204 Å². The van der Waals surface area contributed by atoms with E-state index in [-0.39, 0.29) is 46.7 Å². The van der Waals surface area contributed by atoms with E-state index >= 15 is 0 Å².